The number of benzene rings is 1. The summed E-state index contributed by atoms with van der Waals surface area (Å²) in [4.78, 5) is 23.8. The molecule has 0 atom stereocenters. The molecule has 0 radical (unpaired) electrons. The first-order chi connectivity index (χ1) is 14.3. The van der Waals surface area contributed by atoms with E-state index < -0.39 is 0 Å². The molecule has 0 aliphatic carbocycles. The van der Waals surface area contributed by atoms with Crippen molar-refractivity contribution in [2.75, 3.05) is 12.0 Å². The van der Waals surface area contributed by atoms with Gasteiger partial charge in [-0.2, -0.15) is 0 Å². The second-order valence-corrected chi connectivity index (χ2v) is 9.46. The zero-order valence-corrected chi connectivity index (χ0v) is 18.9. The fourth-order valence-corrected chi connectivity index (χ4v) is 4.84. The van der Waals surface area contributed by atoms with Crippen LogP contribution in [0, 0.1) is 0 Å². The van der Waals surface area contributed by atoms with Gasteiger partial charge in [-0.25, -0.2) is 9.97 Å². The quantitative estimate of drug-likeness (QED) is 0.543. The number of amides is 1. The van der Waals surface area contributed by atoms with Crippen molar-refractivity contribution in [3.63, 3.8) is 0 Å². The van der Waals surface area contributed by atoms with Crippen molar-refractivity contribution in [2.45, 2.75) is 52.0 Å². The van der Waals surface area contributed by atoms with E-state index in [0.717, 1.165) is 33.9 Å². The van der Waals surface area contributed by atoms with Gasteiger partial charge < -0.3 is 9.64 Å². The van der Waals surface area contributed by atoms with E-state index in [1.165, 1.54) is 5.56 Å². The maximum absolute atomic E-state index is 12.8. The number of pyridine rings is 1. The molecule has 30 heavy (non-hydrogen) atoms. The lowest BCUT2D eigenvalue weighted by molar-refractivity contribution is -0.119. The zero-order valence-electron chi connectivity index (χ0n) is 18.1. The van der Waals surface area contributed by atoms with Crippen molar-refractivity contribution < 1.29 is 9.53 Å². The second-order valence-electron chi connectivity index (χ2n) is 8.60. The van der Waals surface area contributed by atoms with E-state index >= 15 is 0 Å². The van der Waals surface area contributed by atoms with Gasteiger partial charge in [-0.3, -0.25) is 4.79 Å². The number of thiazole rings is 1. The molecule has 1 amide bonds. The van der Waals surface area contributed by atoms with Crippen LogP contribution in [0.1, 0.15) is 46.1 Å². The van der Waals surface area contributed by atoms with E-state index in [9.17, 15) is 4.79 Å². The molecule has 0 N–H and O–H groups in total. The summed E-state index contributed by atoms with van der Waals surface area (Å²) < 4.78 is 5.24. The highest BCUT2D eigenvalue weighted by molar-refractivity contribution is 7.13. The summed E-state index contributed by atoms with van der Waals surface area (Å²) in [5.74, 6) is 0.779. The fourth-order valence-electron chi connectivity index (χ4n) is 4.02. The minimum absolute atomic E-state index is 0.0814. The highest BCUT2D eigenvalue weighted by atomic mass is 32.1. The number of aromatic nitrogens is 2. The first-order valence-electron chi connectivity index (χ1n) is 10.2. The van der Waals surface area contributed by atoms with E-state index in [-0.39, 0.29) is 17.4 Å². The summed E-state index contributed by atoms with van der Waals surface area (Å²) in [5.41, 5.74) is 5.15. The summed E-state index contributed by atoms with van der Waals surface area (Å²) in [5, 5.41) is 3.01. The van der Waals surface area contributed by atoms with Gasteiger partial charge >= 0.3 is 0 Å². The summed E-state index contributed by atoms with van der Waals surface area (Å²) in [6, 6.07) is 10.4. The summed E-state index contributed by atoms with van der Waals surface area (Å²) in [7, 11) is 1.61. The van der Waals surface area contributed by atoms with Gasteiger partial charge in [-0.1, -0.05) is 19.9 Å². The van der Waals surface area contributed by atoms with Gasteiger partial charge in [0.25, 0.3) is 0 Å². The maximum Gasteiger partial charge on any atom is 0.227 e. The topological polar surface area (TPSA) is 55.3 Å². The molecule has 0 spiro atoms. The Morgan fingerprint density at radius 1 is 1.17 bits per heavy atom. The average Bonchev–Trinajstić information content (AvgIpc) is 3.19. The largest absolute Gasteiger partial charge is 0.481 e. The van der Waals surface area contributed by atoms with Crippen LogP contribution in [0.15, 0.2) is 41.9 Å². The van der Waals surface area contributed by atoms with Crippen molar-refractivity contribution in [2.24, 2.45) is 0 Å². The zero-order chi connectivity index (χ0) is 21.5. The molecule has 0 saturated carbocycles. The smallest absolute Gasteiger partial charge is 0.227 e. The molecular formula is C24H27N3O2S. The Morgan fingerprint density at radius 2 is 1.97 bits per heavy atom. The number of rotatable bonds is 4. The number of methoxy groups -OCH3 is 1. The Kier molecular flexibility index (Phi) is 5.36. The van der Waals surface area contributed by atoms with Crippen LogP contribution in [0.4, 0.5) is 5.69 Å². The third-order valence-electron chi connectivity index (χ3n) is 5.73. The van der Waals surface area contributed by atoms with Crippen LogP contribution in [0.3, 0.4) is 0 Å². The monoisotopic (exact) mass is 421 g/mol. The molecule has 3 heterocycles. The Labute approximate surface area is 181 Å². The van der Waals surface area contributed by atoms with Gasteiger partial charge in [-0.05, 0) is 49.4 Å². The molecule has 1 aromatic carbocycles. The van der Waals surface area contributed by atoms with Crippen molar-refractivity contribution in [3.05, 3.63) is 47.5 Å². The molecule has 156 valence electrons. The van der Waals surface area contributed by atoms with Crippen LogP contribution in [0.25, 0.3) is 21.8 Å². The van der Waals surface area contributed by atoms with Gasteiger partial charge in [0.15, 0.2) is 0 Å². The van der Waals surface area contributed by atoms with E-state index in [1.54, 1.807) is 24.6 Å². The number of fused-ring (bicyclic) bond motifs is 1. The highest BCUT2D eigenvalue weighted by Gasteiger charge is 2.34. The molecule has 2 aromatic heterocycles. The minimum atomic E-state index is -0.0814. The summed E-state index contributed by atoms with van der Waals surface area (Å²) in [6.45, 7) is 8.60. The molecule has 0 fully saturated rings. The minimum Gasteiger partial charge on any atom is -0.481 e. The van der Waals surface area contributed by atoms with Crippen molar-refractivity contribution in [1.29, 1.82) is 0 Å². The lowest BCUT2D eigenvalue weighted by atomic mass is 9.79. The number of ether oxygens (including phenoxy) is 1. The molecule has 5 nitrogen and oxygen atoms in total. The van der Waals surface area contributed by atoms with Crippen LogP contribution in [0.5, 0.6) is 5.88 Å². The number of carbonyl (C=O) groups excluding carboxylic acids is 1. The number of anilines is 1. The first-order valence-corrected chi connectivity index (χ1v) is 11.1. The Balaban J connectivity index is 1.76. The molecular weight excluding hydrogens is 394 g/mol. The van der Waals surface area contributed by atoms with Crippen LogP contribution >= 0.6 is 11.3 Å². The van der Waals surface area contributed by atoms with Crippen LogP contribution < -0.4 is 9.64 Å². The highest BCUT2D eigenvalue weighted by Crippen LogP contribution is 2.42. The van der Waals surface area contributed by atoms with Gasteiger partial charge in [0, 0.05) is 46.9 Å². The van der Waals surface area contributed by atoms with Crippen molar-refractivity contribution in [1.82, 2.24) is 9.97 Å². The molecule has 4 rings (SSSR count). The third kappa shape index (κ3) is 3.72. The van der Waals surface area contributed by atoms with Gasteiger partial charge in [0.05, 0.1) is 12.8 Å². The predicted octanol–water partition coefficient (Wildman–Crippen LogP) is 5.69. The van der Waals surface area contributed by atoms with Crippen LogP contribution in [0.2, 0.25) is 0 Å². The number of carbonyl (C=O) groups is 1. The first kappa shape index (κ1) is 20.5. The van der Waals surface area contributed by atoms with Gasteiger partial charge in [0.2, 0.25) is 11.8 Å². The standard InChI is InChI=1S/C24H27N3O2S/c1-15(2)27-20-7-6-16(12-18(20)24(3,4)10-8-22(27)28)19-14-30-23(26-19)17-9-11-25-21(13-17)29-5/h6-7,9,11-15H,8,10H2,1-5H3. The lowest BCUT2D eigenvalue weighted by Gasteiger charge is -2.30. The maximum atomic E-state index is 12.8. The molecule has 0 unspecified atom stereocenters. The van der Waals surface area contributed by atoms with Crippen molar-refractivity contribution >= 4 is 22.9 Å². The number of nitrogens with zero attached hydrogens (tertiary/aromatic N) is 3. The summed E-state index contributed by atoms with van der Waals surface area (Å²) in [6.07, 6.45) is 3.14. The predicted molar refractivity (Wildman–Crippen MR) is 122 cm³/mol. The molecule has 1 aliphatic heterocycles. The van der Waals surface area contributed by atoms with Crippen LogP contribution in [-0.2, 0) is 10.2 Å². The Morgan fingerprint density at radius 3 is 2.70 bits per heavy atom. The average molecular weight is 422 g/mol. The Hall–Kier alpha value is -2.73. The molecule has 0 bridgehead atoms. The van der Waals surface area contributed by atoms with Gasteiger partial charge in [0.1, 0.15) is 5.01 Å². The lowest BCUT2D eigenvalue weighted by Crippen LogP contribution is -2.36. The molecule has 3 aromatic rings. The molecule has 0 saturated heterocycles. The van der Waals surface area contributed by atoms with E-state index in [4.69, 9.17) is 9.72 Å². The van der Waals surface area contributed by atoms with Crippen molar-refractivity contribution in [3.8, 4) is 27.7 Å². The SMILES string of the molecule is COc1cc(-c2nc(-c3ccc4c(c3)C(C)(C)CCC(=O)N4C(C)C)cs2)ccn1. The van der Waals surface area contributed by atoms with Gasteiger partial charge in [-0.15, -0.1) is 11.3 Å². The third-order valence-corrected chi connectivity index (χ3v) is 6.62. The normalized spacial score (nSPS) is 15.8. The fraction of sp³-hybridized carbons (Fsp3) is 0.375. The molecule has 1 aliphatic rings. The van der Waals surface area contributed by atoms with E-state index in [0.29, 0.717) is 12.3 Å². The second kappa shape index (κ2) is 7.84. The van der Waals surface area contributed by atoms with E-state index in [2.05, 4.69) is 56.3 Å². The summed E-state index contributed by atoms with van der Waals surface area (Å²) >= 11 is 1.60. The number of hydrogen-bond acceptors (Lipinski definition) is 5. The Bertz CT molecular complexity index is 1090. The number of hydrogen-bond donors (Lipinski definition) is 0. The van der Waals surface area contributed by atoms with Crippen LogP contribution in [-0.4, -0.2) is 29.0 Å². The molecule has 6 heteroatoms. The van der Waals surface area contributed by atoms with E-state index in [1.807, 2.05) is 17.0 Å².